The van der Waals surface area contributed by atoms with Crippen molar-refractivity contribution in [2.75, 3.05) is 10.6 Å². The fourth-order valence-corrected chi connectivity index (χ4v) is 3.43. The lowest BCUT2D eigenvalue weighted by Crippen LogP contribution is -1.96. The van der Waals surface area contributed by atoms with Crippen LogP contribution in [0.5, 0.6) is 0 Å². The second kappa shape index (κ2) is 10.9. The lowest BCUT2D eigenvalue weighted by molar-refractivity contribution is 0.586. The first kappa shape index (κ1) is 22.0. The highest BCUT2D eigenvalue weighted by atomic mass is 14.9. The molecule has 0 unspecified atom stereocenters. The Hall–Kier alpha value is -2.74. The van der Waals surface area contributed by atoms with Crippen molar-refractivity contribution in [3.63, 3.8) is 0 Å². The van der Waals surface area contributed by atoms with Crippen molar-refractivity contribution in [3.05, 3.63) is 83.9 Å². The summed E-state index contributed by atoms with van der Waals surface area (Å²) in [5.74, 6) is 1.49. The molecule has 0 bridgehead atoms. The van der Waals surface area contributed by atoms with Gasteiger partial charge in [0.2, 0.25) is 0 Å². The molecule has 3 aromatic carbocycles. The first-order valence-electron chi connectivity index (χ1n) is 11.3. The molecule has 0 saturated heterocycles. The summed E-state index contributed by atoms with van der Waals surface area (Å²) in [6.07, 6.45) is 4.76. The molecule has 158 valence electrons. The molecular formula is C28H36N2. The third-order valence-corrected chi connectivity index (χ3v) is 5.37. The highest BCUT2D eigenvalue weighted by Crippen LogP contribution is 2.24. The summed E-state index contributed by atoms with van der Waals surface area (Å²) >= 11 is 0. The lowest BCUT2D eigenvalue weighted by Gasteiger charge is -2.12. The molecule has 0 spiro atoms. The van der Waals surface area contributed by atoms with Crippen molar-refractivity contribution in [1.82, 2.24) is 0 Å². The van der Waals surface area contributed by atoms with E-state index in [0.717, 1.165) is 47.4 Å². The van der Waals surface area contributed by atoms with Crippen LogP contribution in [0.1, 0.15) is 51.7 Å². The lowest BCUT2D eigenvalue weighted by atomic mass is 10.0. The number of anilines is 4. The van der Waals surface area contributed by atoms with Crippen molar-refractivity contribution in [1.29, 1.82) is 0 Å². The van der Waals surface area contributed by atoms with Gasteiger partial charge in [0.25, 0.3) is 0 Å². The molecule has 0 aromatic heterocycles. The van der Waals surface area contributed by atoms with E-state index in [4.69, 9.17) is 0 Å². The van der Waals surface area contributed by atoms with Crippen LogP contribution in [0.15, 0.2) is 72.8 Å². The molecule has 0 aliphatic heterocycles. The zero-order valence-electron chi connectivity index (χ0n) is 18.9. The van der Waals surface area contributed by atoms with E-state index in [0.29, 0.717) is 0 Å². The first-order valence-corrected chi connectivity index (χ1v) is 11.3. The average Bonchev–Trinajstić information content (AvgIpc) is 2.73. The van der Waals surface area contributed by atoms with E-state index < -0.39 is 0 Å². The van der Waals surface area contributed by atoms with Gasteiger partial charge in [0.05, 0.1) is 0 Å². The minimum Gasteiger partial charge on any atom is -0.355 e. The Morgan fingerprint density at radius 2 is 0.933 bits per heavy atom. The molecule has 3 aromatic rings. The van der Waals surface area contributed by atoms with E-state index in [1.54, 1.807) is 0 Å². The van der Waals surface area contributed by atoms with Crippen LogP contribution < -0.4 is 10.6 Å². The van der Waals surface area contributed by atoms with Crippen LogP contribution in [0.4, 0.5) is 22.7 Å². The number of nitrogens with one attached hydrogen (secondary N) is 2. The van der Waals surface area contributed by atoms with Crippen molar-refractivity contribution >= 4 is 22.7 Å². The second-order valence-electron chi connectivity index (χ2n) is 9.09. The predicted octanol–water partition coefficient (Wildman–Crippen LogP) is 8.35. The molecule has 3 rings (SSSR count). The number of hydrogen-bond donors (Lipinski definition) is 2. The van der Waals surface area contributed by atoms with E-state index in [9.17, 15) is 0 Å². The standard InChI is InChI=1S/C28H36N2/c1-21(2)8-10-23-12-16-25(17-13-23)29-27-6-5-7-28(20-27)30-26-18-14-24(15-19-26)11-9-22(3)4/h5-7,12-22,29-30H,8-11H2,1-4H3. The maximum absolute atomic E-state index is 3.52. The molecule has 0 aliphatic rings. The fraction of sp³-hybridized carbons (Fsp3) is 0.357. The topological polar surface area (TPSA) is 24.1 Å². The predicted molar refractivity (Wildman–Crippen MR) is 132 cm³/mol. The third kappa shape index (κ3) is 7.26. The molecule has 0 saturated carbocycles. The van der Waals surface area contributed by atoms with Gasteiger partial charge in [-0.3, -0.25) is 0 Å². The quantitative estimate of drug-likeness (QED) is 0.357. The van der Waals surface area contributed by atoms with Crippen LogP contribution in [0.2, 0.25) is 0 Å². The Labute approximate surface area is 182 Å². The smallest absolute Gasteiger partial charge is 0.0405 e. The van der Waals surface area contributed by atoms with Crippen LogP contribution in [0.25, 0.3) is 0 Å². The molecule has 0 amide bonds. The van der Waals surface area contributed by atoms with E-state index in [1.165, 1.54) is 24.0 Å². The SMILES string of the molecule is CC(C)CCc1ccc(Nc2cccc(Nc3ccc(CCC(C)C)cc3)c2)cc1. The van der Waals surface area contributed by atoms with Gasteiger partial charge in [0.1, 0.15) is 0 Å². The van der Waals surface area contributed by atoms with E-state index >= 15 is 0 Å². The highest BCUT2D eigenvalue weighted by molar-refractivity contribution is 5.68. The van der Waals surface area contributed by atoms with Crippen molar-refractivity contribution in [3.8, 4) is 0 Å². The van der Waals surface area contributed by atoms with Gasteiger partial charge in [0.15, 0.2) is 0 Å². The number of benzene rings is 3. The molecule has 0 heterocycles. The summed E-state index contributed by atoms with van der Waals surface area (Å²) in [6, 6.07) is 26.1. The fourth-order valence-electron chi connectivity index (χ4n) is 3.43. The highest BCUT2D eigenvalue weighted by Gasteiger charge is 2.02. The summed E-state index contributed by atoms with van der Waals surface area (Å²) in [5.41, 5.74) is 7.22. The van der Waals surface area contributed by atoms with Gasteiger partial charge >= 0.3 is 0 Å². The molecule has 0 atom stereocenters. The Morgan fingerprint density at radius 1 is 0.533 bits per heavy atom. The zero-order valence-corrected chi connectivity index (χ0v) is 18.9. The monoisotopic (exact) mass is 400 g/mol. The molecule has 2 heteroatoms. The van der Waals surface area contributed by atoms with Gasteiger partial charge in [0, 0.05) is 22.7 Å². The van der Waals surface area contributed by atoms with Crippen LogP contribution in [-0.2, 0) is 12.8 Å². The Kier molecular flexibility index (Phi) is 7.96. The summed E-state index contributed by atoms with van der Waals surface area (Å²) in [5, 5.41) is 7.04. The molecule has 2 N–H and O–H groups in total. The van der Waals surface area contributed by atoms with Gasteiger partial charge < -0.3 is 10.6 Å². The Balaban J connectivity index is 1.58. The van der Waals surface area contributed by atoms with Crippen LogP contribution in [-0.4, -0.2) is 0 Å². The van der Waals surface area contributed by atoms with Crippen molar-refractivity contribution in [2.24, 2.45) is 11.8 Å². The van der Waals surface area contributed by atoms with Gasteiger partial charge in [-0.1, -0.05) is 58.0 Å². The molecule has 0 fully saturated rings. The first-order chi connectivity index (χ1) is 14.5. The molecular weight excluding hydrogens is 364 g/mol. The number of rotatable bonds is 10. The maximum atomic E-state index is 3.52. The molecule has 0 aliphatic carbocycles. The largest absolute Gasteiger partial charge is 0.355 e. The van der Waals surface area contributed by atoms with Crippen LogP contribution >= 0.6 is 0 Å². The zero-order chi connectivity index (χ0) is 21.3. The van der Waals surface area contributed by atoms with Crippen molar-refractivity contribution in [2.45, 2.75) is 53.4 Å². The molecule has 0 radical (unpaired) electrons. The van der Waals surface area contributed by atoms with E-state index in [2.05, 4.69) is 111 Å². The second-order valence-corrected chi connectivity index (χ2v) is 9.09. The molecule has 2 nitrogen and oxygen atoms in total. The Bertz CT molecular complexity index is 820. The van der Waals surface area contributed by atoms with E-state index in [-0.39, 0.29) is 0 Å². The summed E-state index contributed by atoms with van der Waals surface area (Å²) < 4.78 is 0. The van der Waals surface area contributed by atoms with Crippen molar-refractivity contribution < 1.29 is 0 Å². The van der Waals surface area contributed by atoms with Crippen LogP contribution in [0.3, 0.4) is 0 Å². The van der Waals surface area contributed by atoms with E-state index in [1.807, 2.05) is 0 Å². The summed E-state index contributed by atoms with van der Waals surface area (Å²) in [7, 11) is 0. The Morgan fingerprint density at radius 3 is 1.30 bits per heavy atom. The van der Waals surface area contributed by atoms with Gasteiger partial charge in [-0.15, -0.1) is 0 Å². The van der Waals surface area contributed by atoms with Gasteiger partial charge in [-0.05, 0) is 91.1 Å². The van der Waals surface area contributed by atoms with Gasteiger partial charge in [-0.2, -0.15) is 0 Å². The van der Waals surface area contributed by atoms with Gasteiger partial charge in [-0.25, -0.2) is 0 Å². The summed E-state index contributed by atoms with van der Waals surface area (Å²) in [6.45, 7) is 9.10. The van der Waals surface area contributed by atoms with Crippen LogP contribution in [0, 0.1) is 11.8 Å². The minimum atomic E-state index is 0.745. The average molecular weight is 401 g/mol. The molecule has 30 heavy (non-hydrogen) atoms. The minimum absolute atomic E-state index is 0.745. The number of hydrogen-bond acceptors (Lipinski definition) is 2. The number of aryl methyl sites for hydroxylation is 2. The maximum Gasteiger partial charge on any atom is 0.0405 e. The summed E-state index contributed by atoms with van der Waals surface area (Å²) in [4.78, 5) is 0. The normalized spacial score (nSPS) is 11.1. The third-order valence-electron chi connectivity index (χ3n) is 5.37.